The van der Waals surface area contributed by atoms with Crippen LogP contribution in [0.4, 0.5) is 23.7 Å². The summed E-state index contributed by atoms with van der Waals surface area (Å²) >= 11 is 5.84. The van der Waals surface area contributed by atoms with E-state index in [1.807, 2.05) is 5.32 Å². The Labute approximate surface area is 218 Å². The zero-order valence-corrected chi connectivity index (χ0v) is 19.9. The number of hydrogen-bond acceptors (Lipinski definition) is 5. The number of para-hydroxylation sites is 1. The number of urea groups is 1. The van der Waals surface area contributed by atoms with Crippen LogP contribution in [-0.4, -0.2) is 23.8 Å². The van der Waals surface area contributed by atoms with E-state index in [-0.39, 0.29) is 17.0 Å². The molecule has 1 heterocycles. The molecule has 0 saturated carbocycles. The van der Waals surface area contributed by atoms with Gasteiger partial charge in [0.15, 0.2) is 0 Å². The van der Waals surface area contributed by atoms with Crippen molar-refractivity contribution in [3.8, 4) is 5.75 Å². The summed E-state index contributed by atoms with van der Waals surface area (Å²) in [5, 5.41) is 2.47. The number of carbonyl (C=O) groups excluding carboxylic acids is 4. The molecule has 0 unspecified atom stereocenters. The van der Waals surface area contributed by atoms with E-state index in [1.54, 1.807) is 36.4 Å². The Morgan fingerprint density at radius 1 is 0.947 bits per heavy atom. The molecule has 4 amide bonds. The van der Waals surface area contributed by atoms with Crippen molar-refractivity contribution in [1.29, 1.82) is 0 Å². The molecule has 3 aromatic rings. The Morgan fingerprint density at radius 3 is 2.37 bits per heavy atom. The third kappa shape index (κ3) is 5.98. The Morgan fingerprint density at radius 2 is 1.66 bits per heavy atom. The molecule has 0 aromatic heterocycles. The Balaban J connectivity index is 1.61. The van der Waals surface area contributed by atoms with Crippen LogP contribution in [0.3, 0.4) is 0 Å². The van der Waals surface area contributed by atoms with Crippen molar-refractivity contribution in [1.82, 2.24) is 5.32 Å². The van der Waals surface area contributed by atoms with Gasteiger partial charge in [-0.25, -0.2) is 14.5 Å². The first-order valence-corrected chi connectivity index (χ1v) is 11.2. The van der Waals surface area contributed by atoms with Gasteiger partial charge < -0.3 is 4.74 Å². The van der Waals surface area contributed by atoms with Crippen molar-refractivity contribution in [3.63, 3.8) is 0 Å². The zero-order valence-electron chi connectivity index (χ0n) is 19.2. The number of halogens is 4. The molecule has 1 aliphatic rings. The van der Waals surface area contributed by atoms with Crippen LogP contribution in [0.1, 0.15) is 16.7 Å². The second-order valence-corrected chi connectivity index (χ2v) is 8.29. The normalized spacial score (nSPS) is 15.2. The molecule has 1 aliphatic heterocycles. The Hall–Kier alpha value is -4.70. The third-order valence-corrected chi connectivity index (χ3v) is 5.50. The summed E-state index contributed by atoms with van der Waals surface area (Å²) in [4.78, 5) is 50.7. The highest BCUT2D eigenvalue weighted by Crippen LogP contribution is 2.33. The van der Waals surface area contributed by atoms with Gasteiger partial charge in [-0.15, -0.1) is 0 Å². The molecule has 0 bridgehead atoms. The fraction of sp³-hybridized carbons (Fsp3) is 0.0370. The van der Waals surface area contributed by atoms with Gasteiger partial charge in [-0.05, 0) is 54.1 Å². The number of imide groups is 2. The number of alkyl halides is 3. The molecule has 11 heteroatoms. The minimum atomic E-state index is -4.72. The monoisotopic (exact) mass is 540 g/mol. The minimum absolute atomic E-state index is 0.00567. The molecule has 4 rings (SSSR count). The topological polar surface area (TPSA) is 92.8 Å². The highest BCUT2D eigenvalue weighted by molar-refractivity contribution is 6.39. The van der Waals surface area contributed by atoms with Gasteiger partial charge >= 0.3 is 18.2 Å². The number of barbiturate groups is 1. The van der Waals surface area contributed by atoms with Crippen LogP contribution in [0, 0.1) is 0 Å². The molecule has 0 spiro atoms. The van der Waals surface area contributed by atoms with E-state index >= 15 is 0 Å². The zero-order chi connectivity index (χ0) is 27.4. The van der Waals surface area contributed by atoms with Crippen molar-refractivity contribution in [3.05, 3.63) is 106 Å². The molecule has 0 atom stereocenters. The average Bonchev–Trinajstić information content (AvgIpc) is 2.87. The molecule has 1 N–H and O–H groups in total. The minimum Gasteiger partial charge on any atom is -0.423 e. The van der Waals surface area contributed by atoms with Crippen LogP contribution in [0.25, 0.3) is 12.2 Å². The van der Waals surface area contributed by atoms with E-state index in [0.717, 1.165) is 24.3 Å². The lowest BCUT2D eigenvalue weighted by molar-refractivity contribution is -0.137. The van der Waals surface area contributed by atoms with Crippen molar-refractivity contribution >= 4 is 53.3 Å². The fourth-order valence-electron chi connectivity index (χ4n) is 3.44. The standard InChI is InChI=1S/C27H16ClF3N2O5/c28-19-11-8-16(9-12-19)10-13-23(34)38-22-7-2-1-4-17(22)14-21-24(35)32-26(37)33(25(21)36)20-6-3-5-18(15-20)27(29,30)31/h1-15H,(H,32,35,37)/b13-10+,21-14-. The molecule has 7 nitrogen and oxygen atoms in total. The molecular weight excluding hydrogens is 525 g/mol. The van der Waals surface area contributed by atoms with Gasteiger partial charge in [0.2, 0.25) is 0 Å². The lowest BCUT2D eigenvalue weighted by atomic mass is 10.1. The second kappa shape index (κ2) is 10.7. The number of anilines is 1. The first-order valence-electron chi connectivity index (χ1n) is 10.9. The van der Waals surface area contributed by atoms with E-state index in [2.05, 4.69) is 0 Å². The molecule has 38 heavy (non-hydrogen) atoms. The van der Waals surface area contributed by atoms with E-state index in [9.17, 15) is 32.3 Å². The van der Waals surface area contributed by atoms with Crippen molar-refractivity contribution in [2.24, 2.45) is 0 Å². The Bertz CT molecular complexity index is 1500. The van der Waals surface area contributed by atoms with Crippen LogP contribution in [0.2, 0.25) is 5.02 Å². The van der Waals surface area contributed by atoms with Gasteiger partial charge in [-0.2, -0.15) is 13.2 Å². The van der Waals surface area contributed by atoms with Crippen LogP contribution >= 0.6 is 11.6 Å². The number of benzene rings is 3. The summed E-state index contributed by atoms with van der Waals surface area (Å²) in [6.07, 6.45) is -0.975. The van der Waals surface area contributed by atoms with E-state index in [4.69, 9.17) is 16.3 Å². The highest BCUT2D eigenvalue weighted by atomic mass is 35.5. The number of ether oxygens (including phenoxy) is 1. The van der Waals surface area contributed by atoms with Crippen LogP contribution in [0.15, 0.2) is 84.4 Å². The van der Waals surface area contributed by atoms with E-state index in [1.165, 1.54) is 24.3 Å². The van der Waals surface area contributed by atoms with Gasteiger partial charge in [0.1, 0.15) is 11.3 Å². The van der Waals surface area contributed by atoms with Crippen LogP contribution < -0.4 is 15.0 Å². The maximum Gasteiger partial charge on any atom is 0.416 e. The second-order valence-electron chi connectivity index (χ2n) is 7.85. The van der Waals surface area contributed by atoms with Gasteiger partial charge in [0, 0.05) is 16.7 Å². The summed E-state index contributed by atoms with van der Waals surface area (Å²) in [6.45, 7) is 0. The summed E-state index contributed by atoms with van der Waals surface area (Å²) in [6, 6.07) is 15.0. The molecule has 0 radical (unpaired) electrons. The first kappa shape index (κ1) is 26.4. The maximum absolute atomic E-state index is 13.2. The molecule has 1 fully saturated rings. The van der Waals surface area contributed by atoms with Gasteiger partial charge in [0.25, 0.3) is 11.8 Å². The largest absolute Gasteiger partial charge is 0.423 e. The highest BCUT2D eigenvalue weighted by Gasteiger charge is 2.38. The lowest BCUT2D eigenvalue weighted by Crippen LogP contribution is -2.54. The average molecular weight is 541 g/mol. The number of carbonyl (C=O) groups is 4. The lowest BCUT2D eigenvalue weighted by Gasteiger charge is -2.27. The molecule has 0 aliphatic carbocycles. The van der Waals surface area contributed by atoms with Crippen molar-refractivity contribution in [2.75, 3.05) is 4.90 Å². The molecule has 192 valence electrons. The van der Waals surface area contributed by atoms with Gasteiger partial charge in [-0.3, -0.25) is 14.9 Å². The van der Waals surface area contributed by atoms with E-state index < -0.39 is 41.1 Å². The van der Waals surface area contributed by atoms with Crippen molar-refractivity contribution < 1.29 is 37.1 Å². The summed E-state index contributed by atoms with van der Waals surface area (Å²) in [5.74, 6) is -2.98. The summed E-state index contributed by atoms with van der Waals surface area (Å²) < 4.78 is 44.8. The SMILES string of the molecule is O=C(/C=C/c1ccc(Cl)cc1)Oc1ccccc1/C=C1/C(=O)NC(=O)N(c2cccc(C(F)(F)F)c2)C1=O. The molecular formula is C27H16ClF3N2O5. The summed E-state index contributed by atoms with van der Waals surface area (Å²) in [5.41, 5.74) is -1.19. The summed E-state index contributed by atoms with van der Waals surface area (Å²) in [7, 11) is 0. The number of nitrogens with zero attached hydrogens (tertiary/aromatic N) is 1. The predicted octanol–water partition coefficient (Wildman–Crippen LogP) is 5.64. The number of rotatable bonds is 5. The number of hydrogen-bond donors (Lipinski definition) is 1. The maximum atomic E-state index is 13.2. The predicted molar refractivity (Wildman–Crippen MR) is 133 cm³/mol. The molecule has 1 saturated heterocycles. The van der Waals surface area contributed by atoms with Crippen LogP contribution in [-0.2, 0) is 20.6 Å². The van der Waals surface area contributed by atoms with Gasteiger partial charge in [0.05, 0.1) is 11.3 Å². The molecule has 3 aromatic carbocycles. The fourth-order valence-corrected chi connectivity index (χ4v) is 3.57. The van der Waals surface area contributed by atoms with Crippen molar-refractivity contribution in [2.45, 2.75) is 6.18 Å². The third-order valence-electron chi connectivity index (χ3n) is 5.24. The van der Waals surface area contributed by atoms with E-state index in [0.29, 0.717) is 21.6 Å². The van der Waals surface area contributed by atoms with Crippen LogP contribution in [0.5, 0.6) is 5.75 Å². The number of esters is 1. The number of nitrogens with one attached hydrogen (secondary N) is 1. The van der Waals surface area contributed by atoms with Gasteiger partial charge in [-0.1, -0.05) is 48.0 Å². The quantitative estimate of drug-likeness (QED) is 0.196. The Kier molecular flexibility index (Phi) is 7.45. The smallest absolute Gasteiger partial charge is 0.416 e. The number of amides is 4. The first-order chi connectivity index (χ1) is 18.0.